The van der Waals surface area contributed by atoms with Crippen molar-refractivity contribution in [1.82, 2.24) is 5.32 Å². The van der Waals surface area contributed by atoms with E-state index in [1.165, 1.54) is 0 Å². The topological polar surface area (TPSA) is 92.4 Å². The zero-order chi connectivity index (χ0) is 13.1. The summed E-state index contributed by atoms with van der Waals surface area (Å²) in [6.07, 6.45) is 5.62. The molecule has 2 aliphatic carbocycles. The molecule has 0 aromatic rings. The summed E-state index contributed by atoms with van der Waals surface area (Å²) >= 11 is 0. The molecule has 0 aliphatic heterocycles. The zero-order valence-corrected chi connectivity index (χ0v) is 10.6. The van der Waals surface area contributed by atoms with Crippen LogP contribution in [-0.2, 0) is 9.59 Å². The molecule has 5 nitrogen and oxygen atoms in total. The van der Waals surface area contributed by atoms with Crippen LogP contribution >= 0.6 is 0 Å². The monoisotopic (exact) mass is 254 g/mol. The average Bonchev–Trinajstić information content (AvgIpc) is 2.76. The second kappa shape index (κ2) is 5.69. The van der Waals surface area contributed by atoms with E-state index in [9.17, 15) is 9.59 Å². The Bertz CT molecular complexity index is 332. The first-order chi connectivity index (χ1) is 8.56. The van der Waals surface area contributed by atoms with E-state index in [0.29, 0.717) is 6.42 Å². The Morgan fingerprint density at radius 3 is 2.44 bits per heavy atom. The van der Waals surface area contributed by atoms with E-state index < -0.39 is 5.97 Å². The largest absolute Gasteiger partial charge is 0.481 e. The lowest BCUT2D eigenvalue weighted by atomic mass is 9.85. The maximum atomic E-state index is 12.0. The van der Waals surface area contributed by atoms with Gasteiger partial charge in [-0.3, -0.25) is 9.59 Å². The molecule has 4 atom stereocenters. The van der Waals surface area contributed by atoms with E-state index in [2.05, 4.69) is 5.32 Å². The number of amides is 1. The van der Waals surface area contributed by atoms with Crippen LogP contribution in [-0.4, -0.2) is 29.1 Å². The Labute approximate surface area is 107 Å². The lowest BCUT2D eigenvalue weighted by molar-refractivity contribution is -0.143. The molecular formula is C13H22N2O3. The Morgan fingerprint density at radius 2 is 1.83 bits per heavy atom. The van der Waals surface area contributed by atoms with Crippen molar-refractivity contribution in [3.8, 4) is 0 Å². The summed E-state index contributed by atoms with van der Waals surface area (Å²) in [5.41, 5.74) is 5.80. The molecule has 5 heteroatoms. The van der Waals surface area contributed by atoms with E-state index in [1.54, 1.807) is 0 Å². The lowest BCUT2D eigenvalue weighted by Crippen LogP contribution is -2.42. The quantitative estimate of drug-likeness (QED) is 0.697. The Hall–Kier alpha value is -1.10. The van der Waals surface area contributed by atoms with Gasteiger partial charge in [0.1, 0.15) is 0 Å². The van der Waals surface area contributed by atoms with Crippen LogP contribution in [0, 0.1) is 11.8 Å². The number of carboxylic acids is 1. The molecule has 0 bridgehead atoms. The average molecular weight is 254 g/mol. The predicted octanol–water partition coefficient (Wildman–Crippen LogP) is 0.873. The van der Waals surface area contributed by atoms with Crippen molar-refractivity contribution >= 4 is 11.9 Å². The van der Waals surface area contributed by atoms with Crippen LogP contribution in [0.1, 0.15) is 44.9 Å². The lowest BCUT2D eigenvalue weighted by Gasteiger charge is -2.28. The molecule has 18 heavy (non-hydrogen) atoms. The smallest absolute Gasteiger partial charge is 0.306 e. The van der Waals surface area contributed by atoms with Gasteiger partial charge >= 0.3 is 5.97 Å². The molecule has 2 rings (SSSR count). The van der Waals surface area contributed by atoms with Crippen molar-refractivity contribution in [2.75, 3.05) is 0 Å². The summed E-state index contributed by atoms with van der Waals surface area (Å²) in [7, 11) is 0. The fraction of sp³-hybridized carbons (Fsp3) is 0.846. The van der Waals surface area contributed by atoms with E-state index in [0.717, 1.165) is 38.5 Å². The highest BCUT2D eigenvalue weighted by Gasteiger charge is 2.32. The van der Waals surface area contributed by atoms with Gasteiger partial charge in [-0.2, -0.15) is 0 Å². The van der Waals surface area contributed by atoms with Crippen molar-refractivity contribution in [2.45, 2.75) is 57.0 Å². The molecule has 4 N–H and O–H groups in total. The van der Waals surface area contributed by atoms with E-state index in [-0.39, 0.29) is 29.8 Å². The van der Waals surface area contributed by atoms with Gasteiger partial charge in [-0.25, -0.2) is 0 Å². The third kappa shape index (κ3) is 3.22. The maximum Gasteiger partial charge on any atom is 0.306 e. The highest BCUT2D eigenvalue weighted by molar-refractivity contribution is 5.79. The van der Waals surface area contributed by atoms with Gasteiger partial charge in [-0.05, 0) is 38.5 Å². The van der Waals surface area contributed by atoms with Crippen LogP contribution < -0.4 is 11.1 Å². The number of nitrogens with one attached hydrogen (secondary N) is 1. The van der Waals surface area contributed by atoms with E-state index >= 15 is 0 Å². The van der Waals surface area contributed by atoms with Crippen molar-refractivity contribution in [2.24, 2.45) is 17.6 Å². The molecule has 0 spiro atoms. The summed E-state index contributed by atoms with van der Waals surface area (Å²) < 4.78 is 0. The molecule has 0 radical (unpaired) electrons. The number of aliphatic carboxylic acids is 1. The van der Waals surface area contributed by atoms with E-state index in [4.69, 9.17) is 10.8 Å². The molecule has 4 unspecified atom stereocenters. The fourth-order valence-electron chi connectivity index (χ4n) is 3.12. The molecule has 1 amide bonds. The Balaban J connectivity index is 1.81. The second-order valence-corrected chi connectivity index (χ2v) is 5.68. The maximum absolute atomic E-state index is 12.0. The van der Waals surface area contributed by atoms with Crippen molar-refractivity contribution < 1.29 is 14.7 Å². The highest BCUT2D eigenvalue weighted by Crippen LogP contribution is 2.27. The van der Waals surface area contributed by atoms with Gasteiger partial charge in [0, 0.05) is 18.0 Å². The molecule has 0 aromatic heterocycles. The number of carbonyl (C=O) groups is 2. The summed E-state index contributed by atoms with van der Waals surface area (Å²) in [5, 5.41) is 12.0. The van der Waals surface area contributed by atoms with Crippen molar-refractivity contribution in [3.05, 3.63) is 0 Å². The third-order valence-electron chi connectivity index (χ3n) is 4.21. The van der Waals surface area contributed by atoms with Crippen LogP contribution in [0.25, 0.3) is 0 Å². The van der Waals surface area contributed by atoms with Crippen LogP contribution in [0.2, 0.25) is 0 Å². The standard InChI is InChI=1S/C13H22N2O3/c14-10-5-4-8(6-10)12(16)15-11-3-1-2-9(7-11)13(17)18/h8-11H,1-7,14H2,(H,15,16)(H,17,18). The number of carboxylic acid groups (broad SMARTS) is 1. The highest BCUT2D eigenvalue weighted by atomic mass is 16.4. The molecule has 2 fully saturated rings. The fourth-order valence-corrected chi connectivity index (χ4v) is 3.12. The van der Waals surface area contributed by atoms with Gasteiger partial charge in [-0.15, -0.1) is 0 Å². The van der Waals surface area contributed by atoms with Crippen LogP contribution in [0.5, 0.6) is 0 Å². The second-order valence-electron chi connectivity index (χ2n) is 5.68. The Kier molecular flexibility index (Phi) is 4.22. The van der Waals surface area contributed by atoms with Crippen molar-refractivity contribution in [3.63, 3.8) is 0 Å². The number of nitrogens with two attached hydrogens (primary N) is 1. The molecular weight excluding hydrogens is 232 g/mol. The van der Waals surface area contributed by atoms with Crippen LogP contribution in [0.3, 0.4) is 0 Å². The summed E-state index contributed by atoms with van der Waals surface area (Å²) in [5.74, 6) is -0.934. The molecule has 0 saturated heterocycles. The number of hydrogen-bond donors (Lipinski definition) is 3. The first-order valence-electron chi connectivity index (χ1n) is 6.85. The zero-order valence-electron chi connectivity index (χ0n) is 10.6. The minimum atomic E-state index is -0.739. The number of carbonyl (C=O) groups excluding carboxylic acids is 1. The van der Waals surface area contributed by atoms with Gasteiger partial charge in [0.25, 0.3) is 0 Å². The van der Waals surface area contributed by atoms with Crippen LogP contribution in [0.15, 0.2) is 0 Å². The molecule has 0 aromatic carbocycles. The first kappa shape index (κ1) is 13.3. The van der Waals surface area contributed by atoms with Gasteiger partial charge < -0.3 is 16.2 Å². The van der Waals surface area contributed by atoms with Gasteiger partial charge in [0.15, 0.2) is 0 Å². The minimum Gasteiger partial charge on any atom is -0.481 e. The van der Waals surface area contributed by atoms with Crippen LogP contribution in [0.4, 0.5) is 0 Å². The normalized spacial score (nSPS) is 36.3. The van der Waals surface area contributed by atoms with Gasteiger partial charge in [-0.1, -0.05) is 6.42 Å². The predicted molar refractivity (Wildman–Crippen MR) is 66.8 cm³/mol. The first-order valence-corrected chi connectivity index (χ1v) is 6.85. The molecule has 0 heterocycles. The molecule has 2 saturated carbocycles. The molecule has 102 valence electrons. The summed E-state index contributed by atoms with van der Waals surface area (Å²) in [4.78, 5) is 23.0. The number of rotatable bonds is 3. The van der Waals surface area contributed by atoms with Gasteiger partial charge in [0.05, 0.1) is 5.92 Å². The third-order valence-corrected chi connectivity index (χ3v) is 4.21. The minimum absolute atomic E-state index is 0.0316. The number of hydrogen-bond acceptors (Lipinski definition) is 3. The Morgan fingerprint density at radius 1 is 1.06 bits per heavy atom. The summed E-state index contributed by atoms with van der Waals surface area (Å²) in [6, 6.07) is 0.183. The van der Waals surface area contributed by atoms with E-state index in [1.807, 2.05) is 0 Å². The SMILES string of the molecule is NC1CCC(C(=O)NC2CCCC(C(=O)O)C2)C1. The summed E-state index contributed by atoms with van der Waals surface area (Å²) in [6.45, 7) is 0. The molecule has 2 aliphatic rings. The van der Waals surface area contributed by atoms with Gasteiger partial charge in [0.2, 0.25) is 5.91 Å². The van der Waals surface area contributed by atoms with Crippen molar-refractivity contribution in [1.29, 1.82) is 0 Å².